The van der Waals surface area contributed by atoms with E-state index in [1.54, 1.807) is 0 Å². The molecule has 2 heterocycles. The molecule has 2 saturated heterocycles. The number of fused-ring (bicyclic) bond motifs is 2. The minimum Gasteiger partial charge on any atom is -0.467 e. The molecule has 3 atom stereocenters. The third-order valence-electron chi connectivity index (χ3n) is 9.20. The summed E-state index contributed by atoms with van der Waals surface area (Å²) in [6.45, 7) is 6.77. The molecule has 6 nitrogen and oxygen atoms in total. The van der Waals surface area contributed by atoms with Crippen molar-refractivity contribution >= 4 is 12.1 Å². The lowest BCUT2D eigenvalue weighted by molar-refractivity contribution is -0.145. The maximum Gasteiger partial charge on any atom is 0.408 e. The van der Waals surface area contributed by atoms with E-state index in [9.17, 15) is 9.59 Å². The smallest absolute Gasteiger partial charge is 0.408 e. The second-order valence-electron chi connectivity index (χ2n) is 12.9. The standard InChI is InChI=1S/C26H42N2O4/c1-25(2,3)32-24(30)27-22(23(29)31-4)19-10-20-5-6-21(11-19)28(20)15-26-12-16-7-17(13-26)9-18(8-16)14-26/h16-22H,5-15H2,1-4H3,(H,27,30)/t16?,17?,18?,19?,20?,21?,22-,26?/m0/s1. The van der Waals surface area contributed by atoms with Crippen LogP contribution in [-0.2, 0) is 14.3 Å². The van der Waals surface area contributed by atoms with Crippen LogP contribution in [0.4, 0.5) is 4.79 Å². The maximum absolute atomic E-state index is 12.6. The highest BCUT2D eigenvalue weighted by atomic mass is 16.6. The molecule has 0 aromatic rings. The molecule has 6 bridgehead atoms. The third kappa shape index (κ3) is 4.41. The summed E-state index contributed by atoms with van der Waals surface area (Å²) in [4.78, 5) is 27.9. The Morgan fingerprint density at radius 3 is 1.97 bits per heavy atom. The van der Waals surface area contributed by atoms with Crippen LogP contribution < -0.4 is 5.32 Å². The molecule has 0 spiro atoms. The Balaban J connectivity index is 1.25. The van der Waals surface area contributed by atoms with Gasteiger partial charge in [-0.2, -0.15) is 0 Å². The first-order valence-electron chi connectivity index (χ1n) is 13.0. The summed E-state index contributed by atoms with van der Waals surface area (Å²) in [6, 6.07) is 0.429. The zero-order valence-corrected chi connectivity index (χ0v) is 20.4. The molecule has 1 N–H and O–H groups in total. The number of hydrogen-bond donors (Lipinski definition) is 1. The SMILES string of the molecule is COC(=O)[C@@H](NC(=O)OC(C)(C)C)C1CC2CCC(C1)N2CC12CC3CC(CC(C3)C1)C2. The predicted molar refractivity (Wildman–Crippen MR) is 122 cm³/mol. The number of methoxy groups -OCH3 is 1. The molecule has 0 aromatic carbocycles. The minimum atomic E-state index is -0.625. The highest BCUT2D eigenvalue weighted by molar-refractivity contribution is 5.81. The van der Waals surface area contributed by atoms with Gasteiger partial charge < -0.3 is 14.8 Å². The van der Waals surface area contributed by atoms with E-state index in [0.717, 1.165) is 30.6 Å². The van der Waals surface area contributed by atoms with Gasteiger partial charge >= 0.3 is 12.1 Å². The van der Waals surface area contributed by atoms with Gasteiger partial charge in [0.05, 0.1) is 7.11 Å². The number of carbonyl (C=O) groups excluding carboxylic acids is 2. The minimum absolute atomic E-state index is 0.111. The molecule has 0 radical (unpaired) electrons. The Hall–Kier alpha value is -1.30. The van der Waals surface area contributed by atoms with Gasteiger partial charge in [-0.05, 0) is 114 Å². The van der Waals surface area contributed by atoms with Gasteiger partial charge in [-0.15, -0.1) is 0 Å². The van der Waals surface area contributed by atoms with Crippen molar-refractivity contribution in [2.45, 2.75) is 109 Å². The summed E-state index contributed by atoms with van der Waals surface area (Å²) in [5.41, 5.74) is -0.0378. The van der Waals surface area contributed by atoms with Gasteiger partial charge in [0.25, 0.3) is 0 Å². The number of rotatable bonds is 5. The summed E-state index contributed by atoms with van der Waals surface area (Å²) >= 11 is 0. The van der Waals surface area contributed by atoms with Crippen molar-refractivity contribution in [1.82, 2.24) is 10.2 Å². The topological polar surface area (TPSA) is 67.9 Å². The van der Waals surface area contributed by atoms with Crippen LogP contribution in [0.1, 0.15) is 85.0 Å². The van der Waals surface area contributed by atoms with E-state index in [0.29, 0.717) is 17.5 Å². The van der Waals surface area contributed by atoms with Crippen LogP contribution >= 0.6 is 0 Å². The zero-order chi connectivity index (χ0) is 22.7. The number of piperidine rings is 1. The number of alkyl carbamates (subject to hydrolysis) is 1. The maximum atomic E-state index is 12.6. The molecule has 180 valence electrons. The summed E-state index contributed by atoms with van der Waals surface area (Å²) in [6.07, 6.45) is 12.6. The number of esters is 1. The van der Waals surface area contributed by atoms with E-state index in [1.165, 1.54) is 65.0 Å². The third-order valence-corrected chi connectivity index (χ3v) is 9.20. The molecule has 32 heavy (non-hydrogen) atoms. The van der Waals surface area contributed by atoms with E-state index in [4.69, 9.17) is 9.47 Å². The Kier molecular flexibility index (Phi) is 5.75. The van der Waals surface area contributed by atoms with Gasteiger partial charge in [-0.25, -0.2) is 9.59 Å². The molecule has 6 heteroatoms. The molecular weight excluding hydrogens is 404 g/mol. The van der Waals surface area contributed by atoms with Gasteiger partial charge in [0.2, 0.25) is 0 Å². The van der Waals surface area contributed by atoms with Gasteiger partial charge in [0, 0.05) is 18.6 Å². The fourth-order valence-corrected chi connectivity index (χ4v) is 8.65. The van der Waals surface area contributed by atoms with Crippen LogP contribution in [0.15, 0.2) is 0 Å². The molecule has 4 saturated carbocycles. The number of carbonyl (C=O) groups is 2. The molecule has 2 aliphatic heterocycles. The predicted octanol–water partition coefficient (Wildman–Crippen LogP) is 4.51. The number of ether oxygens (including phenoxy) is 2. The lowest BCUT2D eigenvalue weighted by Gasteiger charge is -2.59. The van der Waals surface area contributed by atoms with Gasteiger partial charge in [-0.3, -0.25) is 4.90 Å². The molecule has 4 aliphatic carbocycles. The highest BCUT2D eigenvalue weighted by Crippen LogP contribution is 2.61. The first-order valence-corrected chi connectivity index (χ1v) is 13.0. The summed E-state index contributed by atoms with van der Waals surface area (Å²) in [5, 5.41) is 2.85. The van der Waals surface area contributed by atoms with Crippen molar-refractivity contribution in [1.29, 1.82) is 0 Å². The summed E-state index contributed by atoms with van der Waals surface area (Å²) in [7, 11) is 1.41. The molecule has 6 aliphatic rings. The van der Waals surface area contributed by atoms with E-state index in [-0.39, 0.29) is 11.9 Å². The van der Waals surface area contributed by atoms with Crippen molar-refractivity contribution in [3.8, 4) is 0 Å². The molecule has 6 fully saturated rings. The van der Waals surface area contributed by atoms with Crippen LogP contribution in [0.3, 0.4) is 0 Å². The Labute approximate surface area is 193 Å². The first kappa shape index (κ1) is 22.5. The van der Waals surface area contributed by atoms with Crippen LogP contribution in [0.5, 0.6) is 0 Å². The van der Waals surface area contributed by atoms with Crippen LogP contribution in [0.2, 0.25) is 0 Å². The Morgan fingerprint density at radius 2 is 1.50 bits per heavy atom. The Morgan fingerprint density at radius 1 is 0.969 bits per heavy atom. The van der Waals surface area contributed by atoms with Crippen molar-refractivity contribution < 1.29 is 19.1 Å². The lowest BCUT2D eigenvalue weighted by atomic mass is 9.49. The van der Waals surface area contributed by atoms with Crippen molar-refractivity contribution in [2.24, 2.45) is 29.1 Å². The molecular formula is C26H42N2O4. The monoisotopic (exact) mass is 446 g/mol. The highest BCUT2D eigenvalue weighted by Gasteiger charge is 2.54. The number of nitrogens with one attached hydrogen (secondary N) is 1. The molecule has 0 aromatic heterocycles. The van der Waals surface area contributed by atoms with Crippen LogP contribution in [0.25, 0.3) is 0 Å². The number of nitrogens with zero attached hydrogens (tertiary/aromatic N) is 1. The average molecular weight is 447 g/mol. The molecule has 1 amide bonds. The average Bonchev–Trinajstić information content (AvgIpc) is 2.91. The fourth-order valence-electron chi connectivity index (χ4n) is 8.65. The molecule has 6 rings (SSSR count). The van der Waals surface area contributed by atoms with Crippen molar-refractivity contribution in [3.05, 3.63) is 0 Å². The largest absolute Gasteiger partial charge is 0.467 e. The van der Waals surface area contributed by atoms with Crippen molar-refractivity contribution in [3.63, 3.8) is 0 Å². The summed E-state index contributed by atoms with van der Waals surface area (Å²) in [5.74, 6) is 2.71. The summed E-state index contributed by atoms with van der Waals surface area (Å²) < 4.78 is 10.5. The van der Waals surface area contributed by atoms with Crippen molar-refractivity contribution in [2.75, 3.05) is 13.7 Å². The second-order valence-corrected chi connectivity index (χ2v) is 12.9. The zero-order valence-electron chi connectivity index (χ0n) is 20.4. The van der Waals surface area contributed by atoms with Gasteiger partial charge in [0.1, 0.15) is 11.6 Å². The van der Waals surface area contributed by atoms with Gasteiger partial charge in [-0.1, -0.05) is 0 Å². The van der Waals surface area contributed by atoms with Crippen LogP contribution in [-0.4, -0.2) is 54.3 Å². The number of amides is 1. The van der Waals surface area contributed by atoms with Crippen LogP contribution in [0, 0.1) is 29.1 Å². The van der Waals surface area contributed by atoms with E-state index in [1.807, 2.05) is 20.8 Å². The fraction of sp³-hybridized carbons (Fsp3) is 0.923. The Bertz CT molecular complexity index is 695. The van der Waals surface area contributed by atoms with E-state index >= 15 is 0 Å². The van der Waals surface area contributed by atoms with E-state index in [2.05, 4.69) is 10.2 Å². The first-order chi connectivity index (χ1) is 15.1. The number of hydrogen-bond acceptors (Lipinski definition) is 5. The van der Waals surface area contributed by atoms with Gasteiger partial charge in [0.15, 0.2) is 0 Å². The lowest BCUT2D eigenvalue weighted by Crippen LogP contribution is -2.57. The quantitative estimate of drug-likeness (QED) is 0.629. The second kappa shape index (κ2) is 8.18. The molecule has 2 unspecified atom stereocenters. The van der Waals surface area contributed by atoms with E-state index < -0.39 is 17.7 Å². The normalized spacial score (nSPS) is 41.4.